The van der Waals surface area contributed by atoms with Crippen LogP contribution in [0.25, 0.3) is 11.2 Å². The number of rotatable bonds is 8. The van der Waals surface area contributed by atoms with E-state index >= 15 is 0 Å². The molecule has 3 rings (SSSR count). The second kappa shape index (κ2) is 7.87. The molecule has 0 atom stereocenters. The van der Waals surface area contributed by atoms with Gasteiger partial charge < -0.3 is 14.7 Å². The van der Waals surface area contributed by atoms with Crippen molar-refractivity contribution < 1.29 is 4.43 Å². The highest BCUT2D eigenvalue weighted by Crippen LogP contribution is 2.44. The summed E-state index contributed by atoms with van der Waals surface area (Å²) in [5.74, 6) is 1.19. The van der Waals surface area contributed by atoms with Crippen molar-refractivity contribution in [1.29, 1.82) is 0 Å². The first-order chi connectivity index (χ1) is 12.8. The van der Waals surface area contributed by atoms with Crippen molar-refractivity contribution in [2.45, 2.75) is 83.5 Å². The van der Waals surface area contributed by atoms with Gasteiger partial charge in [0.25, 0.3) is 0 Å². The molecule has 1 aliphatic carbocycles. The van der Waals surface area contributed by atoms with Crippen LogP contribution in [0.1, 0.15) is 66.8 Å². The molecule has 0 spiro atoms. The van der Waals surface area contributed by atoms with Gasteiger partial charge in [0.15, 0.2) is 19.8 Å². The minimum atomic E-state index is -1.74. The summed E-state index contributed by atoms with van der Waals surface area (Å²) >= 11 is 0. The number of nitrogens with zero attached hydrogens (tertiary/aromatic N) is 4. The summed E-state index contributed by atoms with van der Waals surface area (Å²) in [4.78, 5) is 12.8. The first kappa shape index (κ1) is 20.3. The maximum atomic E-state index is 6.71. The van der Waals surface area contributed by atoms with E-state index in [1.54, 1.807) is 0 Å². The van der Waals surface area contributed by atoms with E-state index in [0.29, 0.717) is 34.0 Å². The third kappa shape index (κ3) is 3.63. The third-order valence-electron chi connectivity index (χ3n) is 6.58. The molecule has 0 radical (unpaired) electrons. The zero-order chi connectivity index (χ0) is 19.8. The standard InChI is InChI=1S/C20H35N5OSi/c1-13(2)27(14(3)4,15(5)6)26-8-7-16-9-17(10-16)25-12-24-18-19(21)22-11-23-20(18)25/h11-17H,7-10H2,1-6H3,(H2,21,22,23). The van der Waals surface area contributed by atoms with Crippen molar-refractivity contribution >= 4 is 25.3 Å². The fourth-order valence-electron chi connectivity index (χ4n) is 5.20. The van der Waals surface area contributed by atoms with Crippen molar-refractivity contribution in [2.75, 3.05) is 12.3 Å². The summed E-state index contributed by atoms with van der Waals surface area (Å²) in [5.41, 5.74) is 9.41. The van der Waals surface area contributed by atoms with Gasteiger partial charge in [-0.05, 0) is 41.8 Å². The Labute approximate surface area is 164 Å². The van der Waals surface area contributed by atoms with E-state index in [1.807, 2.05) is 6.33 Å². The Bertz CT molecular complexity index is 745. The Morgan fingerprint density at radius 1 is 1.07 bits per heavy atom. The summed E-state index contributed by atoms with van der Waals surface area (Å²) in [7, 11) is -1.74. The van der Waals surface area contributed by atoms with E-state index in [-0.39, 0.29) is 0 Å². The summed E-state index contributed by atoms with van der Waals surface area (Å²) in [5, 5.41) is 0. The number of imidazole rings is 1. The zero-order valence-corrected chi connectivity index (χ0v) is 18.6. The van der Waals surface area contributed by atoms with E-state index < -0.39 is 8.32 Å². The van der Waals surface area contributed by atoms with Gasteiger partial charge in [-0.25, -0.2) is 15.0 Å². The van der Waals surface area contributed by atoms with Gasteiger partial charge in [0.05, 0.1) is 6.33 Å². The average molecular weight is 390 g/mol. The molecule has 1 fully saturated rings. The van der Waals surface area contributed by atoms with Gasteiger partial charge in [-0.1, -0.05) is 41.5 Å². The Kier molecular flexibility index (Phi) is 5.91. The van der Waals surface area contributed by atoms with Crippen molar-refractivity contribution in [3.05, 3.63) is 12.7 Å². The van der Waals surface area contributed by atoms with Gasteiger partial charge in [0, 0.05) is 12.6 Å². The van der Waals surface area contributed by atoms with E-state index in [9.17, 15) is 0 Å². The average Bonchev–Trinajstić information content (AvgIpc) is 2.97. The molecule has 150 valence electrons. The minimum absolute atomic E-state index is 0.459. The molecule has 1 saturated carbocycles. The monoisotopic (exact) mass is 389 g/mol. The molecule has 2 aromatic rings. The normalized spacial score (nSPS) is 20.8. The van der Waals surface area contributed by atoms with Gasteiger partial charge in [-0.15, -0.1) is 0 Å². The number of aromatic nitrogens is 4. The van der Waals surface area contributed by atoms with Crippen LogP contribution in [0.2, 0.25) is 16.6 Å². The molecule has 2 aromatic heterocycles. The highest BCUT2D eigenvalue weighted by molar-refractivity contribution is 6.77. The van der Waals surface area contributed by atoms with Crippen LogP contribution in [0.3, 0.4) is 0 Å². The fraction of sp³-hybridized carbons (Fsp3) is 0.750. The number of anilines is 1. The second-order valence-corrected chi connectivity index (χ2v) is 14.5. The number of hydrogen-bond donors (Lipinski definition) is 1. The first-order valence-electron chi connectivity index (χ1n) is 10.3. The fourth-order valence-corrected chi connectivity index (χ4v) is 10.7. The Morgan fingerprint density at radius 3 is 2.30 bits per heavy atom. The molecule has 0 aromatic carbocycles. The molecule has 1 aliphatic rings. The highest BCUT2D eigenvalue weighted by atomic mass is 28.4. The molecule has 2 heterocycles. The van der Waals surface area contributed by atoms with Crippen LogP contribution in [0, 0.1) is 5.92 Å². The Balaban J connectivity index is 1.55. The zero-order valence-electron chi connectivity index (χ0n) is 17.6. The molecular formula is C20H35N5OSi. The lowest BCUT2D eigenvalue weighted by Crippen LogP contribution is -2.48. The summed E-state index contributed by atoms with van der Waals surface area (Å²) in [6.07, 6.45) is 6.87. The number of nitrogens with two attached hydrogens (primary N) is 1. The van der Waals surface area contributed by atoms with Gasteiger partial charge >= 0.3 is 0 Å². The van der Waals surface area contributed by atoms with Crippen LogP contribution in [0.5, 0.6) is 0 Å². The molecule has 0 saturated heterocycles. The molecular weight excluding hydrogens is 354 g/mol. The molecule has 27 heavy (non-hydrogen) atoms. The number of fused-ring (bicyclic) bond motifs is 1. The lowest BCUT2D eigenvalue weighted by Gasteiger charge is -2.43. The van der Waals surface area contributed by atoms with Gasteiger partial charge in [0.2, 0.25) is 0 Å². The van der Waals surface area contributed by atoms with Crippen LogP contribution in [-0.2, 0) is 4.43 Å². The number of nitrogen functional groups attached to an aromatic ring is 1. The van der Waals surface area contributed by atoms with Crippen LogP contribution in [-0.4, -0.2) is 34.4 Å². The summed E-state index contributed by atoms with van der Waals surface area (Å²) in [6.45, 7) is 15.0. The lowest BCUT2D eigenvalue weighted by molar-refractivity contribution is 0.152. The predicted molar refractivity (Wildman–Crippen MR) is 113 cm³/mol. The van der Waals surface area contributed by atoms with Crippen LogP contribution in [0.15, 0.2) is 12.7 Å². The minimum Gasteiger partial charge on any atom is -0.416 e. The Hall–Kier alpha value is -1.47. The van der Waals surface area contributed by atoms with Gasteiger partial charge in [-0.3, -0.25) is 0 Å². The van der Waals surface area contributed by atoms with Crippen LogP contribution >= 0.6 is 0 Å². The third-order valence-corrected chi connectivity index (χ3v) is 12.7. The van der Waals surface area contributed by atoms with Crippen molar-refractivity contribution in [1.82, 2.24) is 19.5 Å². The summed E-state index contributed by atoms with van der Waals surface area (Å²) < 4.78 is 8.88. The van der Waals surface area contributed by atoms with Gasteiger partial charge in [0.1, 0.15) is 11.8 Å². The topological polar surface area (TPSA) is 78.9 Å². The number of hydrogen-bond acceptors (Lipinski definition) is 5. The summed E-state index contributed by atoms with van der Waals surface area (Å²) in [6, 6.07) is 0.469. The Morgan fingerprint density at radius 2 is 1.70 bits per heavy atom. The van der Waals surface area contributed by atoms with Crippen molar-refractivity contribution in [3.8, 4) is 0 Å². The molecule has 6 nitrogen and oxygen atoms in total. The molecule has 0 aliphatic heterocycles. The highest BCUT2D eigenvalue weighted by Gasteiger charge is 2.45. The van der Waals surface area contributed by atoms with E-state index in [4.69, 9.17) is 10.2 Å². The SMILES string of the molecule is CC(C)[Si](OCCC1CC(n2cnc3c(N)ncnc32)C1)(C(C)C)C(C)C. The smallest absolute Gasteiger partial charge is 0.200 e. The van der Waals surface area contributed by atoms with E-state index in [1.165, 1.54) is 6.33 Å². The first-order valence-corrected chi connectivity index (χ1v) is 12.5. The van der Waals surface area contributed by atoms with Crippen LogP contribution < -0.4 is 5.73 Å². The maximum Gasteiger partial charge on any atom is 0.200 e. The second-order valence-electron chi connectivity index (χ2n) is 9.03. The van der Waals surface area contributed by atoms with Crippen molar-refractivity contribution in [3.63, 3.8) is 0 Å². The molecule has 0 unspecified atom stereocenters. The maximum absolute atomic E-state index is 6.71. The predicted octanol–water partition coefficient (Wildman–Crippen LogP) is 4.94. The van der Waals surface area contributed by atoms with E-state index in [0.717, 1.165) is 37.4 Å². The van der Waals surface area contributed by atoms with Crippen LogP contribution in [0.4, 0.5) is 5.82 Å². The quantitative estimate of drug-likeness (QED) is 0.647. The van der Waals surface area contributed by atoms with E-state index in [2.05, 4.69) is 61.1 Å². The van der Waals surface area contributed by atoms with Gasteiger partial charge in [-0.2, -0.15) is 0 Å². The molecule has 0 bridgehead atoms. The molecule has 0 amide bonds. The largest absolute Gasteiger partial charge is 0.416 e. The molecule has 7 heteroatoms. The van der Waals surface area contributed by atoms with Crippen molar-refractivity contribution in [2.24, 2.45) is 5.92 Å². The lowest BCUT2D eigenvalue weighted by atomic mass is 9.78. The molecule has 2 N–H and O–H groups in total.